The van der Waals surface area contributed by atoms with Gasteiger partial charge in [0.15, 0.2) is 5.69 Å². The monoisotopic (exact) mass is 305 g/mol. The van der Waals surface area contributed by atoms with E-state index in [-0.39, 0.29) is 6.04 Å². The molecule has 118 valence electrons. The SMILES string of the molecule is CCC(C(=O)O)N1CCC(n2ccc(C(F)(F)F)n2)CC1. The molecule has 8 heteroatoms. The molecular formula is C13H18F3N3O2. The number of hydrogen-bond donors (Lipinski definition) is 1. The zero-order chi connectivity index (χ0) is 15.6. The molecule has 0 aliphatic carbocycles. The van der Waals surface area contributed by atoms with E-state index in [0.717, 1.165) is 6.07 Å². The fourth-order valence-corrected chi connectivity index (χ4v) is 2.74. The second kappa shape index (κ2) is 6.05. The molecule has 0 saturated carbocycles. The number of alkyl halides is 3. The summed E-state index contributed by atoms with van der Waals surface area (Å²) in [6, 6.07) is 0.344. The summed E-state index contributed by atoms with van der Waals surface area (Å²) in [6.45, 7) is 2.92. The first kappa shape index (κ1) is 15.8. The number of nitrogens with zero attached hydrogens (tertiary/aromatic N) is 3. The van der Waals surface area contributed by atoms with Gasteiger partial charge in [-0.3, -0.25) is 14.4 Å². The van der Waals surface area contributed by atoms with E-state index in [1.165, 1.54) is 10.9 Å². The van der Waals surface area contributed by atoms with Gasteiger partial charge in [-0.15, -0.1) is 0 Å². The van der Waals surface area contributed by atoms with E-state index >= 15 is 0 Å². The number of piperidine rings is 1. The molecule has 0 amide bonds. The average molecular weight is 305 g/mol. The predicted molar refractivity (Wildman–Crippen MR) is 68.8 cm³/mol. The summed E-state index contributed by atoms with van der Waals surface area (Å²) < 4.78 is 38.9. The predicted octanol–water partition coefficient (Wildman–Crippen LogP) is 2.40. The number of carbonyl (C=O) groups is 1. The molecule has 1 aromatic rings. The maximum absolute atomic E-state index is 12.5. The minimum Gasteiger partial charge on any atom is -0.480 e. The van der Waals surface area contributed by atoms with Crippen molar-refractivity contribution in [1.82, 2.24) is 14.7 Å². The Labute approximate surface area is 120 Å². The summed E-state index contributed by atoms with van der Waals surface area (Å²) in [5.41, 5.74) is -0.887. The van der Waals surface area contributed by atoms with Gasteiger partial charge in [0, 0.05) is 19.3 Å². The summed E-state index contributed by atoms with van der Waals surface area (Å²) in [6.07, 6.45) is -1.37. The molecule has 1 aromatic heterocycles. The first-order chi connectivity index (χ1) is 9.82. The van der Waals surface area contributed by atoms with Crippen LogP contribution in [-0.2, 0) is 11.0 Å². The van der Waals surface area contributed by atoms with Gasteiger partial charge in [0.1, 0.15) is 6.04 Å². The molecule has 1 aliphatic heterocycles. The highest BCUT2D eigenvalue weighted by Gasteiger charge is 2.35. The molecule has 1 N–H and O–H groups in total. The van der Waals surface area contributed by atoms with Gasteiger partial charge in [-0.2, -0.15) is 18.3 Å². The van der Waals surface area contributed by atoms with E-state index in [4.69, 9.17) is 5.11 Å². The molecule has 1 fully saturated rings. The number of carboxylic acids is 1. The normalized spacial score (nSPS) is 19.6. The highest BCUT2D eigenvalue weighted by Crippen LogP contribution is 2.30. The van der Waals surface area contributed by atoms with Gasteiger partial charge in [0.05, 0.1) is 6.04 Å². The van der Waals surface area contributed by atoms with Crippen molar-refractivity contribution in [2.45, 2.75) is 44.4 Å². The Kier molecular flexibility index (Phi) is 4.55. The van der Waals surface area contributed by atoms with Crippen LogP contribution in [0.1, 0.15) is 37.9 Å². The lowest BCUT2D eigenvalue weighted by atomic mass is 10.0. The highest BCUT2D eigenvalue weighted by molar-refractivity contribution is 5.73. The summed E-state index contributed by atoms with van der Waals surface area (Å²) in [5.74, 6) is -0.852. The second-order valence-corrected chi connectivity index (χ2v) is 5.21. The molecule has 0 bridgehead atoms. The van der Waals surface area contributed by atoms with Crippen LogP contribution in [0.2, 0.25) is 0 Å². The van der Waals surface area contributed by atoms with E-state index in [2.05, 4.69) is 5.10 Å². The van der Waals surface area contributed by atoms with E-state index in [9.17, 15) is 18.0 Å². The molecule has 5 nitrogen and oxygen atoms in total. The Morgan fingerprint density at radius 2 is 2.10 bits per heavy atom. The fraction of sp³-hybridized carbons (Fsp3) is 0.692. The van der Waals surface area contributed by atoms with Crippen LogP contribution >= 0.6 is 0 Å². The molecule has 2 heterocycles. The number of carboxylic acid groups (broad SMARTS) is 1. The van der Waals surface area contributed by atoms with Crippen molar-refractivity contribution in [3.8, 4) is 0 Å². The van der Waals surface area contributed by atoms with Gasteiger partial charge in [-0.1, -0.05) is 6.92 Å². The quantitative estimate of drug-likeness (QED) is 0.928. The standard InChI is InChI=1S/C13H18F3N3O2/c1-2-10(12(20)21)18-6-3-9(4-7-18)19-8-5-11(17-19)13(14,15)16/h5,8-10H,2-4,6-7H2,1H3,(H,20,21). The van der Waals surface area contributed by atoms with Crippen LogP contribution in [0, 0.1) is 0 Å². The summed E-state index contributed by atoms with van der Waals surface area (Å²) >= 11 is 0. The molecule has 1 saturated heterocycles. The minimum absolute atomic E-state index is 0.108. The second-order valence-electron chi connectivity index (χ2n) is 5.21. The van der Waals surface area contributed by atoms with Crippen molar-refractivity contribution in [2.24, 2.45) is 0 Å². The first-order valence-corrected chi connectivity index (χ1v) is 6.92. The third kappa shape index (κ3) is 3.55. The van der Waals surface area contributed by atoms with Crippen LogP contribution in [0.3, 0.4) is 0 Å². The van der Waals surface area contributed by atoms with E-state index in [1.807, 2.05) is 11.8 Å². The first-order valence-electron chi connectivity index (χ1n) is 6.92. The lowest BCUT2D eigenvalue weighted by Crippen LogP contribution is -2.45. The molecule has 1 unspecified atom stereocenters. The van der Waals surface area contributed by atoms with Gasteiger partial charge in [0.25, 0.3) is 0 Å². The maximum atomic E-state index is 12.5. The highest BCUT2D eigenvalue weighted by atomic mass is 19.4. The van der Waals surface area contributed by atoms with Crippen LogP contribution in [-0.4, -0.2) is 44.9 Å². The Balaban J connectivity index is 1.98. The number of likely N-dealkylation sites (tertiary alicyclic amines) is 1. The molecule has 1 atom stereocenters. The van der Waals surface area contributed by atoms with Crippen LogP contribution in [0.5, 0.6) is 0 Å². The van der Waals surface area contributed by atoms with Crippen LogP contribution in [0.4, 0.5) is 13.2 Å². The van der Waals surface area contributed by atoms with Gasteiger partial charge in [-0.25, -0.2) is 0 Å². The Bertz CT molecular complexity index is 493. The Morgan fingerprint density at radius 3 is 2.52 bits per heavy atom. The molecule has 21 heavy (non-hydrogen) atoms. The van der Waals surface area contributed by atoms with Crippen molar-refractivity contribution in [3.63, 3.8) is 0 Å². The number of aliphatic carboxylic acids is 1. The molecule has 2 rings (SSSR count). The van der Waals surface area contributed by atoms with E-state index in [0.29, 0.717) is 32.4 Å². The van der Waals surface area contributed by atoms with Gasteiger partial charge >= 0.3 is 12.1 Å². The maximum Gasteiger partial charge on any atom is 0.435 e. The van der Waals surface area contributed by atoms with Crippen molar-refractivity contribution in [3.05, 3.63) is 18.0 Å². The topological polar surface area (TPSA) is 58.4 Å². The zero-order valence-corrected chi connectivity index (χ0v) is 11.7. The van der Waals surface area contributed by atoms with Crippen molar-refractivity contribution < 1.29 is 23.1 Å². The van der Waals surface area contributed by atoms with Gasteiger partial charge in [-0.05, 0) is 25.3 Å². The van der Waals surface area contributed by atoms with Crippen LogP contribution < -0.4 is 0 Å². The zero-order valence-electron chi connectivity index (χ0n) is 11.7. The summed E-state index contributed by atoms with van der Waals surface area (Å²) in [5, 5.41) is 12.7. The van der Waals surface area contributed by atoms with Gasteiger partial charge in [0.2, 0.25) is 0 Å². The van der Waals surface area contributed by atoms with Crippen molar-refractivity contribution in [2.75, 3.05) is 13.1 Å². The summed E-state index contributed by atoms with van der Waals surface area (Å²) in [4.78, 5) is 13.0. The smallest absolute Gasteiger partial charge is 0.435 e. The fourth-order valence-electron chi connectivity index (χ4n) is 2.74. The molecule has 1 aliphatic rings. The lowest BCUT2D eigenvalue weighted by molar-refractivity contribution is -0.144. The molecule has 0 spiro atoms. The molecular weight excluding hydrogens is 287 g/mol. The molecule has 0 aromatic carbocycles. The Hall–Kier alpha value is -1.57. The number of halogens is 3. The number of hydrogen-bond acceptors (Lipinski definition) is 3. The van der Waals surface area contributed by atoms with Crippen LogP contribution in [0.25, 0.3) is 0 Å². The Morgan fingerprint density at radius 1 is 1.48 bits per heavy atom. The molecule has 0 radical (unpaired) electrons. The largest absolute Gasteiger partial charge is 0.480 e. The van der Waals surface area contributed by atoms with Crippen molar-refractivity contribution >= 4 is 5.97 Å². The number of rotatable bonds is 4. The minimum atomic E-state index is -4.43. The number of aromatic nitrogens is 2. The van der Waals surface area contributed by atoms with E-state index in [1.54, 1.807) is 0 Å². The van der Waals surface area contributed by atoms with Gasteiger partial charge < -0.3 is 5.11 Å². The lowest BCUT2D eigenvalue weighted by Gasteiger charge is -2.35. The van der Waals surface area contributed by atoms with Crippen molar-refractivity contribution in [1.29, 1.82) is 0 Å². The summed E-state index contributed by atoms with van der Waals surface area (Å²) in [7, 11) is 0. The third-order valence-electron chi connectivity index (χ3n) is 3.88. The average Bonchev–Trinajstić information content (AvgIpc) is 2.89. The van der Waals surface area contributed by atoms with E-state index < -0.39 is 23.9 Å². The van der Waals surface area contributed by atoms with Crippen LogP contribution in [0.15, 0.2) is 12.3 Å². The third-order valence-corrected chi connectivity index (χ3v) is 3.88.